The van der Waals surface area contributed by atoms with Gasteiger partial charge in [0.25, 0.3) is 0 Å². The minimum Gasteiger partial charge on any atom is -0.467 e. The molecule has 0 aromatic carbocycles. The average molecular weight is 210 g/mol. The standard InChI is InChI=1S/C10H14N2O3/c1-15-10(14)9(13)5-8-6-3-2-4-7(6)11-12-8/h9,13H,2-5H2,1H3,(H,11,12). The average Bonchev–Trinajstić information content (AvgIpc) is 2.81. The molecule has 5 heteroatoms. The SMILES string of the molecule is COC(=O)C(O)Cc1n[nH]c2c1CCC2. The smallest absolute Gasteiger partial charge is 0.335 e. The summed E-state index contributed by atoms with van der Waals surface area (Å²) in [4.78, 5) is 11.0. The van der Waals surface area contributed by atoms with Crippen molar-refractivity contribution in [1.82, 2.24) is 10.2 Å². The van der Waals surface area contributed by atoms with Crippen molar-refractivity contribution in [2.45, 2.75) is 31.8 Å². The Kier molecular flexibility index (Phi) is 2.73. The number of H-pyrrole nitrogens is 1. The molecule has 1 heterocycles. The molecule has 0 spiro atoms. The number of methoxy groups -OCH3 is 1. The fraction of sp³-hybridized carbons (Fsp3) is 0.600. The van der Waals surface area contributed by atoms with Crippen molar-refractivity contribution in [2.24, 2.45) is 0 Å². The van der Waals surface area contributed by atoms with Crippen LogP contribution >= 0.6 is 0 Å². The second kappa shape index (κ2) is 4.02. The normalized spacial score (nSPS) is 16.1. The highest BCUT2D eigenvalue weighted by molar-refractivity contribution is 5.74. The number of esters is 1. The second-order valence-electron chi connectivity index (χ2n) is 3.72. The van der Waals surface area contributed by atoms with Crippen LogP contribution in [0, 0.1) is 0 Å². The van der Waals surface area contributed by atoms with Crippen molar-refractivity contribution < 1.29 is 14.6 Å². The fourth-order valence-corrected chi connectivity index (χ4v) is 1.96. The monoisotopic (exact) mass is 210 g/mol. The summed E-state index contributed by atoms with van der Waals surface area (Å²) in [6.45, 7) is 0. The number of nitrogens with one attached hydrogen (secondary N) is 1. The summed E-state index contributed by atoms with van der Waals surface area (Å²) in [5.41, 5.74) is 3.10. The van der Waals surface area contributed by atoms with E-state index in [1.54, 1.807) is 0 Å². The number of nitrogens with zero attached hydrogens (tertiary/aromatic N) is 1. The van der Waals surface area contributed by atoms with Gasteiger partial charge in [-0.15, -0.1) is 0 Å². The van der Waals surface area contributed by atoms with E-state index in [-0.39, 0.29) is 6.42 Å². The van der Waals surface area contributed by atoms with E-state index >= 15 is 0 Å². The Morgan fingerprint density at radius 3 is 3.20 bits per heavy atom. The molecule has 2 N–H and O–H groups in total. The molecule has 0 bridgehead atoms. The highest BCUT2D eigenvalue weighted by Gasteiger charge is 2.23. The van der Waals surface area contributed by atoms with Gasteiger partial charge in [-0.1, -0.05) is 0 Å². The van der Waals surface area contributed by atoms with Crippen LogP contribution in [0.15, 0.2) is 0 Å². The van der Waals surface area contributed by atoms with Crippen LogP contribution in [0.4, 0.5) is 0 Å². The molecule has 1 atom stereocenters. The maximum absolute atomic E-state index is 11.0. The van der Waals surface area contributed by atoms with Crippen LogP contribution in [0.3, 0.4) is 0 Å². The van der Waals surface area contributed by atoms with Gasteiger partial charge in [0.1, 0.15) is 0 Å². The first kappa shape index (κ1) is 10.2. The maximum atomic E-state index is 11.0. The Morgan fingerprint density at radius 2 is 2.47 bits per heavy atom. The summed E-state index contributed by atoms with van der Waals surface area (Å²) in [5, 5.41) is 16.5. The van der Waals surface area contributed by atoms with Gasteiger partial charge in [0.15, 0.2) is 6.10 Å². The van der Waals surface area contributed by atoms with E-state index in [1.165, 1.54) is 7.11 Å². The molecule has 2 rings (SSSR count). The van der Waals surface area contributed by atoms with Crippen LogP contribution in [0.1, 0.15) is 23.4 Å². The van der Waals surface area contributed by atoms with Crippen LogP contribution in [0.5, 0.6) is 0 Å². The Labute approximate surface area is 87.4 Å². The van der Waals surface area contributed by atoms with Crippen LogP contribution in [-0.2, 0) is 28.8 Å². The number of carbonyl (C=O) groups excluding carboxylic acids is 1. The minimum absolute atomic E-state index is 0.235. The van der Waals surface area contributed by atoms with Gasteiger partial charge in [0.05, 0.1) is 12.8 Å². The van der Waals surface area contributed by atoms with E-state index in [0.29, 0.717) is 0 Å². The summed E-state index contributed by atoms with van der Waals surface area (Å²) in [6, 6.07) is 0. The molecular formula is C10H14N2O3. The van der Waals surface area contributed by atoms with E-state index < -0.39 is 12.1 Å². The van der Waals surface area contributed by atoms with E-state index in [1.807, 2.05) is 0 Å². The van der Waals surface area contributed by atoms with Crippen molar-refractivity contribution >= 4 is 5.97 Å². The molecule has 0 saturated heterocycles. The highest BCUT2D eigenvalue weighted by atomic mass is 16.5. The molecule has 0 saturated carbocycles. The van der Waals surface area contributed by atoms with Crippen molar-refractivity contribution in [3.8, 4) is 0 Å². The first-order valence-electron chi connectivity index (χ1n) is 5.03. The van der Waals surface area contributed by atoms with E-state index in [9.17, 15) is 9.90 Å². The molecule has 82 valence electrons. The van der Waals surface area contributed by atoms with Gasteiger partial charge < -0.3 is 9.84 Å². The number of aliphatic hydroxyl groups excluding tert-OH is 1. The molecule has 0 fully saturated rings. The van der Waals surface area contributed by atoms with E-state index in [0.717, 1.165) is 36.2 Å². The van der Waals surface area contributed by atoms with Gasteiger partial charge in [-0.2, -0.15) is 5.10 Å². The zero-order valence-electron chi connectivity index (χ0n) is 8.62. The Morgan fingerprint density at radius 1 is 1.67 bits per heavy atom. The lowest BCUT2D eigenvalue weighted by Crippen LogP contribution is -2.24. The molecule has 1 aromatic heterocycles. The van der Waals surface area contributed by atoms with Gasteiger partial charge in [-0.25, -0.2) is 4.79 Å². The van der Waals surface area contributed by atoms with Crippen molar-refractivity contribution in [2.75, 3.05) is 7.11 Å². The van der Waals surface area contributed by atoms with Gasteiger partial charge in [-0.3, -0.25) is 5.10 Å². The number of rotatable bonds is 3. The van der Waals surface area contributed by atoms with Crippen LogP contribution in [0.2, 0.25) is 0 Å². The zero-order chi connectivity index (χ0) is 10.8. The molecule has 1 unspecified atom stereocenters. The number of aryl methyl sites for hydroxylation is 1. The van der Waals surface area contributed by atoms with Crippen molar-refractivity contribution in [1.29, 1.82) is 0 Å². The number of aromatic amines is 1. The lowest BCUT2D eigenvalue weighted by molar-refractivity contribution is -0.150. The number of hydrogen-bond acceptors (Lipinski definition) is 4. The number of hydrogen-bond donors (Lipinski definition) is 2. The first-order chi connectivity index (χ1) is 7.22. The lowest BCUT2D eigenvalue weighted by Gasteiger charge is -2.06. The third kappa shape index (κ3) is 1.87. The largest absolute Gasteiger partial charge is 0.467 e. The maximum Gasteiger partial charge on any atom is 0.335 e. The van der Waals surface area contributed by atoms with Crippen LogP contribution in [0.25, 0.3) is 0 Å². The number of aromatic nitrogens is 2. The fourth-order valence-electron chi connectivity index (χ4n) is 1.96. The molecule has 0 radical (unpaired) electrons. The van der Waals surface area contributed by atoms with Crippen molar-refractivity contribution in [3.05, 3.63) is 17.0 Å². The quantitative estimate of drug-likeness (QED) is 0.687. The predicted molar refractivity (Wildman–Crippen MR) is 52.3 cm³/mol. The molecule has 5 nitrogen and oxygen atoms in total. The summed E-state index contributed by atoms with van der Waals surface area (Å²) >= 11 is 0. The number of fused-ring (bicyclic) bond motifs is 1. The van der Waals surface area contributed by atoms with E-state index in [2.05, 4.69) is 14.9 Å². The summed E-state index contributed by atoms with van der Waals surface area (Å²) in [7, 11) is 1.26. The minimum atomic E-state index is -1.11. The van der Waals surface area contributed by atoms with Crippen LogP contribution < -0.4 is 0 Å². The molecule has 1 aliphatic carbocycles. The number of aliphatic hydroxyl groups is 1. The van der Waals surface area contributed by atoms with Gasteiger partial charge >= 0.3 is 5.97 Å². The topological polar surface area (TPSA) is 75.2 Å². The third-order valence-corrected chi connectivity index (χ3v) is 2.75. The van der Waals surface area contributed by atoms with Gasteiger partial charge in [-0.05, 0) is 24.8 Å². The molecule has 0 amide bonds. The molecule has 15 heavy (non-hydrogen) atoms. The van der Waals surface area contributed by atoms with Crippen LogP contribution in [-0.4, -0.2) is 34.5 Å². The third-order valence-electron chi connectivity index (χ3n) is 2.75. The molecule has 0 aliphatic heterocycles. The van der Waals surface area contributed by atoms with Crippen molar-refractivity contribution in [3.63, 3.8) is 0 Å². The zero-order valence-corrected chi connectivity index (χ0v) is 8.62. The van der Waals surface area contributed by atoms with Gasteiger partial charge in [0.2, 0.25) is 0 Å². The Balaban J connectivity index is 2.08. The second-order valence-corrected chi connectivity index (χ2v) is 3.72. The molecular weight excluding hydrogens is 196 g/mol. The summed E-state index contributed by atoms with van der Waals surface area (Å²) in [6.07, 6.45) is 2.23. The summed E-state index contributed by atoms with van der Waals surface area (Å²) < 4.78 is 4.45. The highest BCUT2D eigenvalue weighted by Crippen LogP contribution is 2.23. The number of ether oxygens (including phenoxy) is 1. The Bertz CT molecular complexity index is 373. The molecule has 1 aliphatic rings. The number of carbonyl (C=O) groups is 1. The Hall–Kier alpha value is -1.36. The first-order valence-corrected chi connectivity index (χ1v) is 5.03. The predicted octanol–water partition coefficient (Wildman–Crippen LogP) is -0.0252. The molecule has 1 aromatic rings. The van der Waals surface area contributed by atoms with Gasteiger partial charge in [0, 0.05) is 12.1 Å². The van der Waals surface area contributed by atoms with E-state index in [4.69, 9.17) is 0 Å². The summed E-state index contributed by atoms with van der Waals surface area (Å²) in [5.74, 6) is -0.607. The lowest BCUT2D eigenvalue weighted by atomic mass is 10.1.